The van der Waals surface area contributed by atoms with Gasteiger partial charge in [0.05, 0.1) is 5.69 Å². The summed E-state index contributed by atoms with van der Waals surface area (Å²) in [6.45, 7) is 10.7. The van der Waals surface area contributed by atoms with Crippen LogP contribution in [0, 0.1) is 0 Å². The average Bonchev–Trinajstić information content (AvgIpc) is 2.70. The van der Waals surface area contributed by atoms with Gasteiger partial charge in [0.2, 0.25) is 5.95 Å². The van der Waals surface area contributed by atoms with Crippen molar-refractivity contribution in [1.82, 2.24) is 24.8 Å². The largest absolute Gasteiger partial charge is 0.369 e. The fourth-order valence-electron chi connectivity index (χ4n) is 3.00. The van der Waals surface area contributed by atoms with Gasteiger partial charge in [0.1, 0.15) is 5.82 Å². The van der Waals surface area contributed by atoms with E-state index in [1.54, 1.807) is 6.20 Å². The minimum Gasteiger partial charge on any atom is -0.369 e. The molecule has 0 saturated carbocycles. The number of aromatic nitrogens is 3. The zero-order valence-electron chi connectivity index (χ0n) is 16.6. The quantitative estimate of drug-likeness (QED) is 0.740. The summed E-state index contributed by atoms with van der Waals surface area (Å²) in [6.07, 6.45) is 4.63. The van der Waals surface area contributed by atoms with Crippen LogP contribution in [0.15, 0.2) is 30.6 Å². The van der Waals surface area contributed by atoms with E-state index in [9.17, 15) is 0 Å². The van der Waals surface area contributed by atoms with Crippen molar-refractivity contribution in [2.24, 2.45) is 0 Å². The van der Waals surface area contributed by atoms with E-state index in [0.717, 1.165) is 62.8 Å². The highest BCUT2D eigenvalue weighted by Crippen LogP contribution is 2.21. The number of hydrogen-bond donors (Lipinski definition) is 2. The molecule has 0 radical (unpaired) electrons. The molecule has 1 aliphatic rings. The van der Waals surface area contributed by atoms with Gasteiger partial charge in [0.25, 0.3) is 0 Å². The van der Waals surface area contributed by atoms with Crippen molar-refractivity contribution in [3.63, 3.8) is 0 Å². The van der Waals surface area contributed by atoms with Gasteiger partial charge in [-0.3, -0.25) is 9.88 Å². The maximum absolute atomic E-state index is 4.68. The first-order chi connectivity index (χ1) is 13.1. The van der Waals surface area contributed by atoms with E-state index < -0.39 is 0 Å². The van der Waals surface area contributed by atoms with Crippen molar-refractivity contribution < 1.29 is 0 Å². The van der Waals surface area contributed by atoms with Gasteiger partial charge in [-0.05, 0) is 32.5 Å². The molecule has 0 amide bonds. The van der Waals surface area contributed by atoms with E-state index in [1.807, 2.05) is 24.4 Å². The highest BCUT2D eigenvalue weighted by molar-refractivity contribution is 5.63. The molecule has 0 aromatic carbocycles. The SMILES string of the molecule is CC[C@@H](C)Nc1nc(NCCN2CCN(C)CC2)cc(-c2cccnc2)n1. The van der Waals surface area contributed by atoms with Crippen LogP contribution >= 0.6 is 0 Å². The molecule has 1 fully saturated rings. The van der Waals surface area contributed by atoms with Crippen LogP contribution in [0.2, 0.25) is 0 Å². The number of nitrogens with one attached hydrogen (secondary N) is 2. The minimum absolute atomic E-state index is 0.326. The van der Waals surface area contributed by atoms with Gasteiger partial charge in [-0.2, -0.15) is 4.98 Å². The Hall–Kier alpha value is -2.25. The predicted molar refractivity (Wildman–Crippen MR) is 111 cm³/mol. The third kappa shape index (κ3) is 5.87. The van der Waals surface area contributed by atoms with Gasteiger partial charge < -0.3 is 15.5 Å². The smallest absolute Gasteiger partial charge is 0.225 e. The third-order valence-electron chi connectivity index (χ3n) is 5.00. The molecule has 0 spiro atoms. The van der Waals surface area contributed by atoms with Crippen molar-refractivity contribution in [2.45, 2.75) is 26.3 Å². The lowest BCUT2D eigenvalue weighted by molar-refractivity contribution is 0.158. The lowest BCUT2D eigenvalue weighted by Crippen LogP contribution is -2.45. The highest BCUT2D eigenvalue weighted by Gasteiger charge is 2.13. The molecule has 0 unspecified atom stereocenters. The topological polar surface area (TPSA) is 69.2 Å². The fraction of sp³-hybridized carbons (Fsp3) is 0.550. The standard InChI is InChI=1S/C20H31N7/c1-4-16(2)23-20-24-18(17-6-5-7-21-15-17)14-19(25-20)22-8-9-27-12-10-26(3)11-13-27/h5-7,14-16H,4,8-13H2,1-3H3,(H2,22,23,24,25)/t16-/m1/s1. The summed E-state index contributed by atoms with van der Waals surface area (Å²) in [5, 5.41) is 6.87. The van der Waals surface area contributed by atoms with Gasteiger partial charge >= 0.3 is 0 Å². The van der Waals surface area contributed by atoms with Gasteiger partial charge in [-0.15, -0.1) is 0 Å². The van der Waals surface area contributed by atoms with Gasteiger partial charge in [-0.1, -0.05) is 6.92 Å². The van der Waals surface area contributed by atoms with Gasteiger partial charge in [0, 0.05) is 69.3 Å². The molecule has 0 aliphatic carbocycles. The number of pyridine rings is 1. The van der Waals surface area contributed by atoms with Crippen LogP contribution in [-0.2, 0) is 0 Å². The third-order valence-corrected chi connectivity index (χ3v) is 5.00. The van der Waals surface area contributed by atoms with Crippen LogP contribution in [0.1, 0.15) is 20.3 Å². The predicted octanol–water partition coefficient (Wildman–Crippen LogP) is 2.41. The Bertz CT molecular complexity index is 699. The number of hydrogen-bond acceptors (Lipinski definition) is 7. The lowest BCUT2D eigenvalue weighted by Gasteiger charge is -2.32. The molecule has 7 heteroatoms. The molecular formula is C20H31N7. The molecular weight excluding hydrogens is 338 g/mol. The van der Waals surface area contributed by atoms with Crippen LogP contribution in [0.25, 0.3) is 11.3 Å². The molecule has 0 bridgehead atoms. The summed E-state index contributed by atoms with van der Waals surface area (Å²) in [5.74, 6) is 1.51. The minimum atomic E-state index is 0.326. The summed E-state index contributed by atoms with van der Waals surface area (Å²) in [6, 6.07) is 6.28. The van der Waals surface area contributed by atoms with E-state index in [0.29, 0.717) is 12.0 Å². The zero-order valence-corrected chi connectivity index (χ0v) is 16.6. The molecule has 3 heterocycles. The maximum atomic E-state index is 4.68. The first-order valence-electron chi connectivity index (χ1n) is 9.85. The Balaban J connectivity index is 1.68. The molecule has 2 N–H and O–H groups in total. The zero-order chi connectivity index (χ0) is 19.1. The normalized spacial score (nSPS) is 16.9. The average molecular weight is 370 g/mol. The first kappa shape index (κ1) is 19.5. The number of anilines is 2. The molecule has 27 heavy (non-hydrogen) atoms. The first-order valence-corrected chi connectivity index (χ1v) is 9.85. The van der Waals surface area contributed by atoms with Crippen LogP contribution in [0.5, 0.6) is 0 Å². The van der Waals surface area contributed by atoms with E-state index in [1.165, 1.54) is 0 Å². The summed E-state index contributed by atoms with van der Waals surface area (Å²) in [4.78, 5) is 18.4. The fourth-order valence-corrected chi connectivity index (χ4v) is 3.00. The van der Waals surface area contributed by atoms with Crippen LogP contribution in [-0.4, -0.2) is 77.1 Å². The number of rotatable bonds is 8. The van der Waals surface area contributed by atoms with Crippen molar-refractivity contribution >= 4 is 11.8 Å². The highest BCUT2D eigenvalue weighted by atomic mass is 15.3. The van der Waals surface area contributed by atoms with E-state index >= 15 is 0 Å². The van der Waals surface area contributed by atoms with Crippen molar-refractivity contribution in [2.75, 3.05) is 56.9 Å². The lowest BCUT2D eigenvalue weighted by atomic mass is 10.2. The van der Waals surface area contributed by atoms with Crippen molar-refractivity contribution in [1.29, 1.82) is 0 Å². The molecule has 1 atom stereocenters. The van der Waals surface area contributed by atoms with Crippen LogP contribution < -0.4 is 10.6 Å². The second kappa shape index (κ2) is 9.62. The summed E-state index contributed by atoms with van der Waals surface area (Å²) < 4.78 is 0. The monoisotopic (exact) mass is 369 g/mol. The van der Waals surface area contributed by atoms with Crippen molar-refractivity contribution in [3.8, 4) is 11.3 Å². The molecule has 3 rings (SSSR count). The summed E-state index contributed by atoms with van der Waals surface area (Å²) >= 11 is 0. The summed E-state index contributed by atoms with van der Waals surface area (Å²) in [7, 11) is 2.18. The van der Waals surface area contributed by atoms with Gasteiger partial charge in [0.15, 0.2) is 0 Å². The van der Waals surface area contributed by atoms with Crippen molar-refractivity contribution in [3.05, 3.63) is 30.6 Å². The van der Waals surface area contributed by atoms with E-state index in [4.69, 9.17) is 0 Å². The second-order valence-corrected chi connectivity index (χ2v) is 7.23. The van der Waals surface area contributed by atoms with E-state index in [-0.39, 0.29) is 0 Å². The molecule has 1 aliphatic heterocycles. The number of likely N-dealkylation sites (N-methyl/N-ethyl adjacent to an activating group) is 1. The Morgan fingerprint density at radius 1 is 1.19 bits per heavy atom. The Labute approximate surface area is 162 Å². The molecule has 146 valence electrons. The molecule has 2 aromatic heterocycles. The van der Waals surface area contributed by atoms with Gasteiger partial charge in [-0.25, -0.2) is 4.98 Å². The number of piperazine rings is 1. The summed E-state index contributed by atoms with van der Waals surface area (Å²) in [5.41, 5.74) is 1.88. The maximum Gasteiger partial charge on any atom is 0.225 e. The molecule has 1 saturated heterocycles. The van der Waals surface area contributed by atoms with E-state index in [2.05, 4.69) is 56.3 Å². The Kier molecular flexibility index (Phi) is 6.95. The van der Waals surface area contributed by atoms with Crippen LogP contribution in [0.3, 0.4) is 0 Å². The Morgan fingerprint density at radius 3 is 2.70 bits per heavy atom. The second-order valence-electron chi connectivity index (χ2n) is 7.23. The molecule has 2 aromatic rings. The Morgan fingerprint density at radius 2 is 2.00 bits per heavy atom. The van der Waals surface area contributed by atoms with Crippen LogP contribution in [0.4, 0.5) is 11.8 Å². The number of nitrogens with zero attached hydrogens (tertiary/aromatic N) is 5. The molecule has 7 nitrogen and oxygen atoms in total.